The van der Waals surface area contributed by atoms with Crippen LogP contribution in [0.4, 0.5) is 35.1 Å². The molecule has 0 saturated carbocycles. The molecule has 0 spiro atoms. The van der Waals surface area contributed by atoms with E-state index < -0.39 is 35.9 Å². The maximum Gasteiger partial charge on any atom is 0.420 e. The normalized spacial score (nSPS) is 13.4. The monoisotopic (exact) mass is 322 g/mol. The molecule has 0 saturated heterocycles. The summed E-state index contributed by atoms with van der Waals surface area (Å²) in [6, 6.07) is 5.48. The van der Waals surface area contributed by atoms with Crippen LogP contribution in [-0.2, 0) is 4.74 Å². The molecule has 0 amide bonds. The number of carbonyl (C=O) groups is 1. The van der Waals surface area contributed by atoms with Gasteiger partial charge in [0.25, 0.3) is 5.92 Å². The molecule has 0 aliphatic rings. The lowest BCUT2D eigenvalue weighted by Gasteiger charge is -2.29. The van der Waals surface area contributed by atoms with Crippen molar-refractivity contribution >= 4 is 5.97 Å². The highest BCUT2D eigenvalue weighted by Gasteiger charge is 2.71. The number of ether oxygens (including phenoxy) is 1. The van der Waals surface area contributed by atoms with Gasteiger partial charge in [-0.15, -0.1) is 0 Å². The lowest BCUT2D eigenvalue weighted by atomic mass is 10.1. The van der Waals surface area contributed by atoms with Crippen molar-refractivity contribution in [3.63, 3.8) is 0 Å². The molecular formula is C11H6F8O2. The average Bonchev–Trinajstić information content (AvgIpc) is 2.24. The fraction of sp³-hybridized carbons (Fsp3) is 0.364. The zero-order chi connectivity index (χ0) is 16.5. The molecule has 0 aliphatic heterocycles. The van der Waals surface area contributed by atoms with Gasteiger partial charge in [-0.1, -0.05) is 18.2 Å². The summed E-state index contributed by atoms with van der Waals surface area (Å²) in [5.74, 6) is -7.11. The molecule has 0 unspecified atom stereocenters. The van der Waals surface area contributed by atoms with Crippen molar-refractivity contribution in [1.82, 2.24) is 0 Å². The smallest absolute Gasteiger partial charge is 0.396 e. The van der Waals surface area contributed by atoms with Crippen LogP contribution in [0.25, 0.3) is 0 Å². The first-order chi connectivity index (χ1) is 9.36. The molecule has 1 aromatic carbocycles. The Hall–Kier alpha value is -1.87. The minimum Gasteiger partial charge on any atom is -0.396 e. The summed E-state index contributed by atoms with van der Waals surface area (Å²) in [7, 11) is 0. The topological polar surface area (TPSA) is 26.3 Å². The fourth-order valence-electron chi connectivity index (χ4n) is 1.38. The van der Waals surface area contributed by atoms with Gasteiger partial charge < -0.3 is 4.74 Å². The Bertz CT molecular complexity index is 477. The summed E-state index contributed by atoms with van der Waals surface area (Å²) in [6.07, 6.45) is -18.5. The molecular weight excluding hydrogens is 316 g/mol. The Balaban J connectivity index is 3.05. The number of hydrogen-bond donors (Lipinski definition) is 0. The number of rotatable bonds is 3. The second kappa shape index (κ2) is 5.49. The van der Waals surface area contributed by atoms with Crippen LogP contribution in [0.5, 0.6) is 0 Å². The van der Waals surface area contributed by atoms with Crippen molar-refractivity contribution in [3.8, 4) is 0 Å². The molecule has 0 fully saturated rings. The summed E-state index contributed by atoms with van der Waals surface area (Å²) >= 11 is 0. The Labute approximate surface area is 112 Å². The van der Waals surface area contributed by atoms with Crippen LogP contribution >= 0.6 is 0 Å². The molecule has 0 aliphatic carbocycles. The van der Waals surface area contributed by atoms with Gasteiger partial charge in [0.15, 0.2) is 0 Å². The van der Waals surface area contributed by atoms with E-state index in [2.05, 4.69) is 4.74 Å². The summed E-state index contributed by atoms with van der Waals surface area (Å²) in [4.78, 5) is 11.2. The van der Waals surface area contributed by atoms with E-state index in [-0.39, 0.29) is 0 Å². The SMILES string of the molecule is O=C(OC(F)(F)C(C(F)(F)F)C(F)(F)F)c1ccccc1. The first-order valence-corrected chi connectivity index (χ1v) is 5.15. The van der Waals surface area contributed by atoms with Gasteiger partial charge in [0.05, 0.1) is 5.56 Å². The third-order valence-electron chi connectivity index (χ3n) is 2.23. The van der Waals surface area contributed by atoms with Crippen molar-refractivity contribution in [2.75, 3.05) is 0 Å². The average molecular weight is 322 g/mol. The van der Waals surface area contributed by atoms with Gasteiger partial charge in [-0.05, 0) is 12.1 Å². The van der Waals surface area contributed by atoms with Crippen molar-refractivity contribution in [2.45, 2.75) is 18.5 Å². The van der Waals surface area contributed by atoms with Crippen molar-refractivity contribution < 1.29 is 44.7 Å². The highest BCUT2D eigenvalue weighted by atomic mass is 19.4. The van der Waals surface area contributed by atoms with Gasteiger partial charge in [0.2, 0.25) is 0 Å². The Morgan fingerprint density at radius 2 is 1.29 bits per heavy atom. The van der Waals surface area contributed by atoms with Crippen molar-refractivity contribution in [2.24, 2.45) is 5.92 Å². The van der Waals surface area contributed by atoms with Gasteiger partial charge in [0, 0.05) is 0 Å². The van der Waals surface area contributed by atoms with E-state index in [0.717, 1.165) is 12.1 Å². The van der Waals surface area contributed by atoms with E-state index in [1.54, 1.807) is 0 Å². The van der Waals surface area contributed by atoms with Gasteiger partial charge >= 0.3 is 24.4 Å². The van der Waals surface area contributed by atoms with Crippen LogP contribution in [0.15, 0.2) is 30.3 Å². The maximum absolute atomic E-state index is 13.1. The second-order valence-electron chi connectivity index (χ2n) is 3.83. The van der Waals surface area contributed by atoms with Crippen LogP contribution < -0.4 is 0 Å². The number of halogens is 8. The van der Waals surface area contributed by atoms with Gasteiger partial charge in [-0.25, -0.2) is 4.79 Å². The first-order valence-electron chi connectivity index (χ1n) is 5.15. The number of esters is 1. The van der Waals surface area contributed by atoms with Crippen LogP contribution in [0, 0.1) is 5.92 Å². The molecule has 0 radical (unpaired) electrons. The molecule has 0 N–H and O–H groups in total. The largest absolute Gasteiger partial charge is 0.420 e. The van der Waals surface area contributed by atoms with E-state index >= 15 is 0 Å². The molecule has 21 heavy (non-hydrogen) atoms. The summed E-state index contributed by atoms with van der Waals surface area (Å²) in [6.45, 7) is 0. The third kappa shape index (κ3) is 4.30. The fourth-order valence-corrected chi connectivity index (χ4v) is 1.38. The second-order valence-corrected chi connectivity index (χ2v) is 3.83. The molecule has 118 valence electrons. The lowest BCUT2D eigenvalue weighted by molar-refractivity contribution is -0.385. The quantitative estimate of drug-likeness (QED) is 0.616. The summed E-state index contributed by atoms with van der Waals surface area (Å²) in [5, 5.41) is 0. The zero-order valence-corrected chi connectivity index (χ0v) is 9.80. The highest BCUT2D eigenvalue weighted by molar-refractivity contribution is 5.89. The van der Waals surface area contributed by atoms with E-state index in [4.69, 9.17) is 0 Å². The number of benzene rings is 1. The van der Waals surface area contributed by atoms with Crippen LogP contribution in [0.3, 0.4) is 0 Å². The molecule has 1 rings (SSSR count). The van der Waals surface area contributed by atoms with Gasteiger partial charge in [-0.3, -0.25) is 0 Å². The predicted octanol–water partition coefficient (Wildman–Crippen LogP) is 4.18. The van der Waals surface area contributed by atoms with Crippen LogP contribution in [0.1, 0.15) is 10.4 Å². The minimum atomic E-state index is -6.33. The van der Waals surface area contributed by atoms with Gasteiger partial charge in [0.1, 0.15) is 0 Å². The predicted molar refractivity (Wildman–Crippen MR) is 52.4 cm³/mol. The lowest BCUT2D eigenvalue weighted by Crippen LogP contribution is -2.51. The Kier molecular flexibility index (Phi) is 4.49. The van der Waals surface area contributed by atoms with Crippen LogP contribution in [0.2, 0.25) is 0 Å². The molecule has 0 atom stereocenters. The van der Waals surface area contributed by atoms with E-state index in [0.29, 0.717) is 0 Å². The minimum absolute atomic E-state index is 0.611. The Morgan fingerprint density at radius 1 is 0.857 bits per heavy atom. The van der Waals surface area contributed by atoms with Crippen LogP contribution in [-0.4, -0.2) is 24.4 Å². The highest BCUT2D eigenvalue weighted by Crippen LogP contribution is 2.48. The summed E-state index contributed by atoms with van der Waals surface area (Å²) < 4.78 is 102. The Morgan fingerprint density at radius 3 is 1.67 bits per heavy atom. The summed E-state index contributed by atoms with van der Waals surface area (Å²) in [5.41, 5.74) is -0.611. The number of carbonyl (C=O) groups excluding carboxylic acids is 1. The van der Waals surface area contributed by atoms with Crippen molar-refractivity contribution in [3.05, 3.63) is 35.9 Å². The molecule has 10 heteroatoms. The number of hydrogen-bond acceptors (Lipinski definition) is 2. The standard InChI is InChI=1S/C11H6F8O2/c12-9(13,14)8(10(15,16)17)11(18,19)21-7(20)6-4-2-1-3-5-6/h1-5,8H. The van der Waals surface area contributed by atoms with Crippen molar-refractivity contribution in [1.29, 1.82) is 0 Å². The molecule has 2 nitrogen and oxygen atoms in total. The molecule has 0 heterocycles. The third-order valence-corrected chi connectivity index (χ3v) is 2.23. The zero-order valence-electron chi connectivity index (χ0n) is 9.80. The maximum atomic E-state index is 13.1. The molecule has 0 bridgehead atoms. The first kappa shape index (κ1) is 17.2. The van der Waals surface area contributed by atoms with E-state index in [1.165, 1.54) is 18.2 Å². The molecule has 0 aromatic heterocycles. The molecule has 1 aromatic rings. The van der Waals surface area contributed by atoms with Gasteiger partial charge in [-0.2, -0.15) is 35.1 Å². The van der Waals surface area contributed by atoms with E-state index in [1.807, 2.05) is 0 Å². The number of alkyl halides is 8. The van der Waals surface area contributed by atoms with E-state index in [9.17, 15) is 39.9 Å².